The average molecular weight is 1200 g/mol. The maximum atomic E-state index is 13.3. The topological polar surface area (TPSA) is 228 Å². The first-order valence-electron chi connectivity index (χ1n) is 33.6. The minimum absolute atomic E-state index is 0.217. The second kappa shape index (κ2) is 54.8. The lowest BCUT2D eigenvalue weighted by molar-refractivity contribution is -0.359. The highest BCUT2D eigenvalue weighted by Crippen LogP contribution is 2.30. The predicted octanol–water partition coefficient (Wildman–Crippen LogP) is 13.2. The second-order valence-electron chi connectivity index (χ2n) is 23.2. The molecule has 0 aliphatic carbocycles. The number of aliphatic hydroxyl groups is 8. The van der Waals surface area contributed by atoms with Crippen molar-refractivity contribution in [3.63, 3.8) is 0 Å². The standard InChI is InChI=1S/C71H121NO13/c1-3-5-7-9-11-13-15-17-19-21-23-25-27-28-29-30-31-32-33-35-37-39-41-43-45-47-49-51-53-55-63(76)72-59(58-82-70-68(81)66(79)69(62(57-74)84-70)85-71-67(80)65(78)64(77)61(56-73)83-71)60(75)54-52-50-48-46-44-42-40-38-36-34-26-24-22-20-18-16-14-12-10-8-6-4-2/h5,7,11,13,17,19,23,25,28-29,31-32,35,37,41,43,47,49,59-62,64-71,73-75,77-81H,3-4,6,8-10,12,14-16,18,20-22,24,26-27,30,33-34,36,38-40,42,44-46,48,50-58H2,1-2H3,(H,72,76)/b7-5-,13-11-,19-17-,25-23-,29-28-,32-31-,37-35-,43-41-,49-47-. The maximum absolute atomic E-state index is 13.3. The van der Waals surface area contributed by atoms with Gasteiger partial charge in [-0.15, -0.1) is 0 Å². The number of rotatable bonds is 53. The van der Waals surface area contributed by atoms with Crippen molar-refractivity contribution in [2.24, 2.45) is 0 Å². The van der Waals surface area contributed by atoms with Gasteiger partial charge in [-0.2, -0.15) is 0 Å². The molecule has 0 bridgehead atoms. The zero-order valence-electron chi connectivity index (χ0n) is 52.8. The summed E-state index contributed by atoms with van der Waals surface area (Å²) in [5.74, 6) is -0.266. The van der Waals surface area contributed by atoms with Gasteiger partial charge in [0.1, 0.15) is 48.8 Å². The van der Waals surface area contributed by atoms with Crippen LogP contribution < -0.4 is 5.32 Å². The van der Waals surface area contributed by atoms with Crippen LogP contribution in [0.3, 0.4) is 0 Å². The molecule has 2 aliphatic rings. The number of unbranched alkanes of at least 4 members (excludes halogenated alkanes) is 22. The summed E-state index contributed by atoms with van der Waals surface area (Å²) < 4.78 is 22.9. The molecule has 0 saturated carbocycles. The molecule has 12 atom stereocenters. The molecule has 14 heteroatoms. The summed E-state index contributed by atoms with van der Waals surface area (Å²) >= 11 is 0. The van der Waals surface area contributed by atoms with E-state index in [1.807, 2.05) is 0 Å². The third-order valence-electron chi connectivity index (χ3n) is 15.8. The zero-order chi connectivity index (χ0) is 61.6. The van der Waals surface area contributed by atoms with Crippen LogP contribution in [0, 0.1) is 0 Å². The van der Waals surface area contributed by atoms with E-state index in [2.05, 4.69) is 129 Å². The number of carbonyl (C=O) groups is 1. The van der Waals surface area contributed by atoms with E-state index in [1.54, 1.807) is 0 Å². The van der Waals surface area contributed by atoms with Crippen LogP contribution in [0.2, 0.25) is 0 Å². The van der Waals surface area contributed by atoms with Crippen LogP contribution in [0.4, 0.5) is 0 Å². The SMILES string of the molecule is CC/C=C\C/C=C\C/C=C\C/C=C\C/C=C\C/C=C\C/C=C\C/C=C\C/C=C\CCCC(=O)NC(COC1OC(CO)C(OC2OC(CO)C(O)C(O)C2O)C(O)C1O)C(O)CCCCCCCCCCCCCCCCCCCCCCCC. The monoisotopic (exact) mass is 1200 g/mol. The van der Waals surface area contributed by atoms with E-state index in [0.29, 0.717) is 19.3 Å². The summed E-state index contributed by atoms with van der Waals surface area (Å²) in [6.07, 6.45) is 60.9. The van der Waals surface area contributed by atoms with Crippen molar-refractivity contribution < 1.29 is 64.6 Å². The summed E-state index contributed by atoms with van der Waals surface area (Å²) in [4.78, 5) is 13.3. The van der Waals surface area contributed by atoms with Crippen molar-refractivity contribution in [3.8, 4) is 0 Å². The lowest BCUT2D eigenvalue weighted by Crippen LogP contribution is -2.65. The molecule has 2 fully saturated rings. The fourth-order valence-corrected chi connectivity index (χ4v) is 10.4. The minimum atomic E-state index is -1.79. The van der Waals surface area contributed by atoms with E-state index in [-0.39, 0.29) is 18.9 Å². The molecule has 14 nitrogen and oxygen atoms in total. The van der Waals surface area contributed by atoms with Crippen LogP contribution >= 0.6 is 0 Å². The fourth-order valence-electron chi connectivity index (χ4n) is 10.4. The van der Waals surface area contributed by atoms with Gasteiger partial charge in [-0.05, 0) is 77.0 Å². The Morgan fingerprint density at radius 3 is 1.20 bits per heavy atom. The van der Waals surface area contributed by atoms with Gasteiger partial charge in [0.05, 0.1) is 32.0 Å². The smallest absolute Gasteiger partial charge is 0.220 e. The normalized spacial score (nSPS) is 24.3. The number of hydrogen-bond donors (Lipinski definition) is 9. The van der Waals surface area contributed by atoms with Crippen LogP contribution in [0.25, 0.3) is 0 Å². The molecule has 488 valence electrons. The van der Waals surface area contributed by atoms with Crippen molar-refractivity contribution in [1.82, 2.24) is 5.32 Å². The summed E-state index contributed by atoms with van der Waals surface area (Å²) in [7, 11) is 0. The highest BCUT2D eigenvalue weighted by Gasteiger charge is 2.51. The van der Waals surface area contributed by atoms with Crippen LogP contribution in [0.15, 0.2) is 109 Å². The van der Waals surface area contributed by atoms with Crippen molar-refractivity contribution in [2.45, 2.75) is 312 Å². The largest absolute Gasteiger partial charge is 0.394 e. The lowest BCUT2D eigenvalue weighted by atomic mass is 9.97. The van der Waals surface area contributed by atoms with Crippen LogP contribution in [-0.2, 0) is 23.7 Å². The Labute approximate surface area is 515 Å². The Kier molecular flexibility index (Phi) is 50.1. The quantitative estimate of drug-likeness (QED) is 0.0204. The zero-order valence-corrected chi connectivity index (χ0v) is 52.8. The molecule has 0 spiro atoms. The molecular weight excluding hydrogens is 1070 g/mol. The van der Waals surface area contributed by atoms with Crippen molar-refractivity contribution >= 4 is 5.91 Å². The van der Waals surface area contributed by atoms with Gasteiger partial charge in [0.25, 0.3) is 0 Å². The van der Waals surface area contributed by atoms with E-state index in [4.69, 9.17) is 18.9 Å². The van der Waals surface area contributed by atoms with E-state index >= 15 is 0 Å². The molecule has 0 aromatic carbocycles. The molecule has 2 saturated heterocycles. The summed E-state index contributed by atoms with van der Waals surface area (Å²) in [5, 5.41) is 87.5. The molecule has 0 radical (unpaired) electrons. The van der Waals surface area contributed by atoms with E-state index in [9.17, 15) is 45.6 Å². The third-order valence-corrected chi connectivity index (χ3v) is 15.8. The molecule has 85 heavy (non-hydrogen) atoms. The van der Waals surface area contributed by atoms with Gasteiger partial charge in [-0.3, -0.25) is 4.79 Å². The Morgan fingerprint density at radius 2 is 0.800 bits per heavy atom. The first-order chi connectivity index (χ1) is 41.6. The minimum Gasteiger partial charge on any atom is -0.394 e. The molecule has 2 aliphatic heterocycles. The lowest BCUT2D eigenvalue weighted by Gasteiger charge is -2.46. The molecule has 12 unspecified atom stereocenters. The van der Waals surface area contributed by atoms with Gasteiger partial charge in [0.15, 0.2) is 12.6 Å². The second-order valence-corrected chi connectivity index (χ2v) is 23.2. The first kappa shape index (κ1) is 77.7. The summed E-state index contributed by atoms with van der Waals surface area (Å²) in [6, 6.07) is -0.869. The summed E-state index contributed by atoms with van der Waals surface area (Å²) in [6.45, 7) is 2.72. The highest BCUT2D eigenvalue weighted by atomic mass is 16.7. The number of aliphatic hydroxyl groups excluding tert-OH is 8. The Morgan fingerprint density at radius 1 is 0.435 bits per heavy atom. The van der Waals surface area contributed by atoms with E-state index in [0.717, 1.165) is 83.5 Å². The Hall–Kier alpha value is -3.35. The number of ether oxygens (including phenoxy) is 4. The van der Waals surface area contributed by atoms with Crippen molar-refractivity contribution in [3.05, 3.63) is 109 Å². The third kappa shape index (κ3) is 39.3. The Balaban J connectivity index is 1.74. The number of amides is 1. The van der Waals surface area contributed by atoms with Gasteiger partial charge < -0.3 is 65.1 Å². The predicted molar refractivity (Wildman–Crippen MR) is 345 cm³/mol. The van der Waals surface area contributed by atoms with Crippen LogP contribution in [0.1, 0.15) is 239 Å². The van der Waals surface area contributed by atoms with Gasteiger partial charge in [0.2, 0.25) is 5.91 Å². The molecule has 2 rings (SSSR count). The number of hydrogen-bond acceptors (Lipinski definition) is 13. The van der Waals surface area contributed by atoms with Crippen molar-refractivity contribution in [2.75, 3.05) is 19.8 Å². The number of nitrogens with one attached hydrogen (secondary N) is 1. The van der Waals surface area contributed by atoms with E-state index in [1.165, 1.54) is 116 Å². The number of carbonyl (C=O) groups excluding carboxylic acids is 1. The molecule has 1 amide bonds. The molecular formula is C71H121NO13. The Bertz CT molecular complexity index is 1840. The van der Waals surface area contributed by atoms with Gasteiger partial charge in [-0.25, -0.2) is 0 Å². The summed E-state index contributed by atoms with van der Waals surface area (Å²) in [5.41, 5.74) is 0. The first-order valence-corrected chi connectivity index (χ1v) is 33.6. The molecule has 2 heterocycles. The molecule has 9 N–H and O–H groups in total. The number of allylic oxidation sites excluding steroid dienone is 18. The maximum Gasteiger partial charge on any atom is 0.220 e. The molecule has 0 aromatic rings. The van der Waals surface area contributed by atoms with Gasteiger partial charge in [-0.1, -0.05) is 264 Å². The van der Waals surface area contributed by atoms with Crippen molar-refractivity contribution in [1.29, 1.82) is 0 Å². The van der Waals surface area contributed by atoms with E-state index < -0.39 is 86.8 Å². The highest BCUT2D eigenvalue weighted by molar-refractivity contribution is 5.76. The molecule has 0 aromatic heterocycles. The van der Waals surface area contributed by atoms with Crippen LogP contribution in [0.5, 0.6) is 0 Å². The fraction of sp³-hybridized carbons (Fsp3) is 0.732. The average Bonchev–Trinajstić information content (AvgIpc) is 3.69. The van der Waals surface area contributed by atoms with Crippen LogP contribution in [-0.4, -0.2) is 140 Å². The van der Waals surface area contributed by atoms with Gasteiger partial charge in [0, 0.05) is 6.42 Å². The van der Waals surface area contributed by atoms with Gasteiger partial charge >= 0.3 is 0 Å².